The third kappa shape index (κ3) is 4.57. The number of hydrogen-bond acceptors (Lipinski definition) is 4. The van der Waals surface area contributed by atoms with Gasteiger partial charge in [-0.25, -0.2) is 9.07 Å². The van der Waals surface area contributed by atoms with Crippen molar-refractivity contribution in [1.29, 1.82) is 0 Å². The van der Waals surface area contributed by atoms with Crippen LogP contribution in [0.15, 0.2) is 61.1 Å². The summed E-state index contributed by atoms with van der Waals surface area (Å²) >= 11 is 0. The quantitative estimate of drug-likeness (QED) is 0.402. The normalized spacial score (nSPS) is 11.3. The minimum Gasteiger partial charge on any atom is -0.494 e. The first-order valence-electron chi connectivity index (χ1n) is 10.7. The van der Waals surface area contributed by atoms with Crippen molar-refractivity contribution in [1.82, 2.24) is 24.5 Å². The smallest absolute Gasteiger partial charge is 0.165 e. The van der Waals surface area contributed by atoms with E-state index in [9.17, 15) is 4.39 Å². The van der Waals surface area contributed by atoms with E-state index in [-0.39, 0.29) is 5.75 Å². The first kappa shape index (κ1) is 21.8. The zero-order valence-corrected chi connectivity index (χ0v) is 18.9. The van der Waals surface area contributed by atoms with Crippen LogP contribution in [0.4, 0.5) is 4.39 Å². The number of hydrogen-bond donors (Lipinski definition) is 0. The van der Waals surface area contributed by atoms with E-state index in [1.807, 2.05) is 59.3 Å². The van der Waals surface area contributed by atoms with Crippen LogP contribution in [0.5, 0.6) is 5.75 Å². The maximum Gasteiger partial charge on any atom is 0.165 e. The number of ether oxygens (including phenoxy) is 1. The Morgan fingerprint density at radius 2 is 1.91 bits per heavy atom. The fraction of sp³-hybridized carbons (Fsp3) is 0.280. The number of aryl methyl sites for hydroxylation is 2. The minimum atomic E-state index is -0.399. The molecule has 6 nitrogen and oxygen atoms in total. The fourth-order valence-electron chi connectivity index (χ4n) is 3.86. The van der Waals surface area contributed by atoms with Crippen LogP contribution in [0.1, 0.15) is 23.6 Å². The molecule has 0 aliphatic carbocycles. The minimum absolute atomic E-state index is 0.223. The second-order valence-corrected chi connectivity index (χ2v) is 7.91. The van der Waals surface area contributed by atoms with Crippen molar-refractivity contribution in [2.75, 3.05) is 13.7 Å². The van der Waals surface area contributed by atoms with Crippen LogP contribution < -0.4 is 4.74 Å². The van der Waals surface area contributed by atoms with Gasteiger partial charge in [0.15, 0.2) is 11.6 Å². The van der Waals surface area contributed by atoms with Gasteiger partial charge < -0.3 is 4.74 Å². The third-order valence-corrected chi connectivity index (χ3v) is 5.58. The zero-order chi connectivity index (χ0) is 22.7. The lowest BCUT2D eigenvalue weighted by molar-refractivity contribution is 0.271. The van der Waals surface area contributed by atoms with Crippen LogP contribution >= 0.6 is 0 Å². The van der Waals surface area contributed by atoms with Crippen LogP contribution in [0.3, 0.4) is 0 Å². The van der Waals surface area contributed by atoms with Gasteiger partial charge in [0.25, 0.3) is 0 Å². The Labute approximate surface area is 187 Å². The van der Waals surface area contributed by atoms with Gasteiger partial charge in [-0.1, -0.05) is 25.1 Å². The van der Waals surface area contributed by atoms with E-state index in [1.165, 1.54) is 13.2 Å². The Balaban J connectivity index is 1.73. The van der Waals surface area contributed by atoms with E-state index >= 15 is 0 Å². The predicted molar refractivity (Wildman–Crippen MR) is 123 cm³/mol. The van der Waals surface area contributed by atoms with Crippen LogP contribution in [-0.2, 0) is 20.1 Å². The zero-order valence-electron chi connectivity index (χ0n) is 18.9. The molecule has 0 radical (unpaired) electrons. The topological polar surface area (TPSA) is 48.1 Å². The third-order valence-electron chi connectivity index (χ3n) is 5.58. The molecule has 7 heteroatoms. The Morgan fingerprint density at radius 3 is 2.56 bits per heavy atom. The summed E-state index contributed by atoms with van der Waals surface area (Å²) in [6.45, 7) is 6.51. The molecule has 2 aromatic heterocycles. The van der Waals surface area contributed by atoms with Gasteiger partial charge in [0.05, 0.1) is 24.7 Å². The summed E-state index contributed by atoms with van der Waals surface area (Å²) in [5, 5.41) is 9.15. The molecule has 0 aliphatic heterocycles. The van der Waals surface area contributed by atoms with Gasteiger partial charge in [-0.2, -0.15) is 10.2 Å². The highest BCUT2D eigenvalue weighted by molar-refractivity contribution is 5.64. The van der Waals surface area contributed by atoms with Crippen molar-refractivity contribution in [3.05, 3.63) is 83.6 Å². The van der Waals surface area contributed by atoms with E-state index in [0.717, 1.165) is 46.7 Å². The van der Waals surface area contributed by atoms with Crippen molar-refractivity contribution < 1.29 is 9.13 Å². The molecule has 4 rings (SSSR count). The summed E-state index contributed by atoms with van der Waals surface area (Å²) in [6.07, 6.45) is 5.96. The highest BCUT2D eigenvalue weighted by atomic mass is 19.1. The second-order valence-electron chi connectivity index (χ2n) is 7.91. The number of benzene rings is 2. The number of halogens is 1. The predicted octanol–water partition coefficient (Wildman–Crippen LogP) is 4.75. The van der Waals surface area contributed by atoms with Gasteiger partial charge >= 0.3 is 0 Å². The van der Waals surface area contributed by atoms with E-state index in [4.69, 9.17) is 9.84 Å². The van der Waals surface area contributed by atoms with Gasteiger partial charge in [0.2, 0.25) is 0 Å². The molecule has 0 atom stereocenters. The van der Waals surface area contributed by atoms with E-state index in [1.54, 1.807) is 6.07 Å². The van der Waals surface area contributed by atoms with Crippen molar-refractivity contribution in [2.24, 2.45) is 7.05 Å². The van der Waals surface area contributed by atoms with E-state index < -0.39 is 5.82 Å². The Bertz CT molecular complexity index is 1210. The molecule has 0 unspecified atom stereocenters. The van der Waals surface area contributed by atoms with E-state index in [0.29, 0.717) is 6.54 Å². The number of rotatable bonds is 8. The summed E-state index contributed by atoms with van der Waals surface area (Å²) in [5.41, 5.74) is 5.80. The molecule has 0 amide bonds. The lowest BCUT2D eigenvalue weighted by Crippen LogP contribution is -2.22. The molecule has 0 spiro atoms. The highest BCUT2D eigenvalue weighted by Crippen LogP contribution is 2.29. The molecule has 0 saturated carbocycles. The number of para-hydroxylation sites is 1. The molecule has 0 saturated heterocycles. The molecule has 0 bridgehead atoms. The Morgan fingerprint density at radius 1 is 1.09 bits per heavy atom. The van der Waals surface area contributed by atoms with Gasteiger partial charge in [0, 0.05) is 49.2 Å². The molecule has 0 aliphatic rings. The maximum absolute atomic E-state index is 14.5. The van der Waals surface area contributed by atoms with Crippen molar-refractivity contribution in [3.8, 4) is 22.7 Å². The molecule has 4 aromatic rings. The SMILES string of the molecule is CCN(Cc1cnn(C)c1)Cc1cn(-c2ccccc2C)nc1-c1ccc(OC)c(F)c1. The molecule has 166 valence electrons. The fourth-order valence-corrected chi connectivity index (χ4v) is 3.86. The van der Waals surface area contributed by atoms with Crippen LogP contribution in [0, 0.1) is 12.7 Å². The average Bonchev–Trinajstić information content (AvgIpc) is 3.39. The molecular weight excluding hydrogens is 405 g/mol. The monoisotopic (exact) mass is 433 g/mol. The summed E-state index contributed by atoms with van der Waals surface area (Å²) in [4.78, 5) is 2.32. The molecule has 0 N–H and O–H groups in total. The average molecular weight is 434 g/mol. The lowest BCUT2D eigenvalue weighted by atomic mass is 10.1. The summed E-state index contributed by atoms with van der Waals surface area (Å²) < 4.78 is 23.3. The Kier molecular flexibility index (Phi) is 6.37. The van der Waals surface area contributed by atoms with Gasteiger partial charge in [-0.3, -0.25) is 9.58 Å². The first-order valence-corrected chi connectivity index (χ1v) is 10.7. The van der Waals surface area contributed by atoms with Gasteiger partial charge in [0.1, 0.15) is 0 Å². The van der Waals surface area contributed by atoms with Gasteiger partial charge in [-0.05, 0) is 43.3 Å². The standard InChI is InChI=1S/C25H28FN5O/c1-5-30(15-19-13-27-29(3)14-19)16-21-17-31(23-9-7-6-8-18(23)2)28-25(21)20-10-11-24(32-4)22(26)12-20/h6-14,17H,5,15-16H2,1-4H3. The van der Waals surface area contributed by atoms with Crippen LogP contribution in [0.25, 0.3) is 16.9 Å². The largest absolute Gasteiger partial charge is 0.494 e. The summed E-state index contributed by atoms with van der Waals surface area (Å²) in [5.74, 6) is -0.176. The first-order chi connectivity index (χ1) is 15.5. The lowest BCUT2D eigenvalue weighted by Gasteiger charge is -2.19. The van der Waals surface area contributed by atoms with Gasteiger partial charge in [-0.15, -0.1) is 0 Å². The maximum atomic E-state index is 14.5. The second kappa shape index (κ2) is 9.36. The van der Waals surface area contributed by atoms with Crippen molar-refractivity contribution >= 4 is 0 Å². The number of nitrogens with zero attached hydrogens (tertiary/aromatic N) is 5. The molecular formula is C25H28FN5O. The Hall–Kier alpha value is -3.45. The molecule has 0 fully saturated rings. The van der Waals surface area contributed by atoms with Crippen LogP contribution in [-0.4, -0.2) is 38.1 Å². The molecule has 32 heavy (non-hydrogen) atoms. The van der Waals surface area contributed by atoms with E-state index in [2.05, 4.69) is 29.9 Å². The highest BCUT2D eigenvalue weighted by Gasteiger charge is 2.18. The summed E-state index contributed by atoms with van der Waals surface area (Å²) in [6, 6.07) is 13.1. The molecule has 2 heterocycles. The van der Waals surface area contributed by atoms with Crippen molar-refractivity contribution in [2.45, 2.75) is 26.9 Å². The number of aromatic nitrogens is 4. The molecule has 2 aromatic carbocycles. The van der Waals surface area contributed by atoms with Crippen LogP contribution in [0.2, 0.25) is 0 Å². The summed E-state index contributed by atoms with van der Waals surface area (Å²) in [7, 11) is 3.39. The van der Waals surface area contributed by atoms with Crippen molar-refractivity contribution in [3.63, 3.8) is 0 Å². The number of methoxy groups -OCH3 is 1.